The Hall–Kier alpha value is -1.98. The molecule has 0 amide bonds. The molecule has 0 aliphatic rings. The van der Waals surface area contributed by atoms with Crippen molar-refractivity contribution in [3.63, 3.8) is 0 Å². The van der Waals surface area contributed by atoms with Crippen LogP contribution in [-0.2, 0) is 17.6 Å². The molecule has 0 bridgehead atoms. The maximum absolute atomic E-state index is 12.4. The molecule has 0 aliphatic carbocycles. The zero-order valence-electron chi connectivity index (χ0n) is 12.7. The highest BCUT2D eigenvalue weighted by molar-refractivity contribution is 7.17. The second-order valence-corrected chi connectivity index (χ2v) is 5.99. The molecule has 0 atom stereocenters. The summed E-state index contributed by atoms with van der Waals surface area (Å²) in [5, 5.41) is 2.68. The first-order valence-electron chi connectivity index (χ1n) is 7.31. The largest absolute Gasteiger partial charge is 0.384 e. The van der Waals surface area contributed by atoms with Crippen LogP contribution in [0.3, 0.4) is 0 Å². The van der Waals surface area contributed by atoms with Gasteiger partial charge in [-0.25, -0.2) is 4.98 Å². The fourth-order valence-electron chi connectivity index (χ4n) is 2.44. The maximum atomic E-state index is 12.4. The second-order valence-electron chi connectivity index (χ2n) is 5.14. The highest BCUT2D eigenvalue weighted by atomic mass is 32.1. The van der Waals surface area contributed by atoms with Gasteiger partial charge in [0.2, 0.25) is 0 Å². The Morgan fingerprint density at radius 3 is 2.73 bits per heavy atom. The third-order valence-electron chi connectivity index (χ3n) is 3.71. The zero-order valence-corrected chi connectivity index (χ0v) is 13.5. The normalized spacial score (nSPS) is 11.2. The molecule has 2 heterocycles. The average molecular weight is 314 g/mol. The molecular formula is C17H18N2O2S. The average Bonchev–Trinajstić information content (AvgIpc) is 2.97. The van der Waals surface area contributed by atoms with Crippen molar-refractivity contribution in [1.82, 2.24) is 9.97 Å². The van der Waals surface area contributed by atoms with E-state index in [1.54, 1.807) is 7.11 Å². The summed E-state index contributed by atoms with van der Waals surface area (Å²) in [4.78, 5) is 20.6. The summed E-state index contributed by atoms with van der Waals surface area (Å²) in [5.41, 5.74) is 3.22. The summed E-state index contributed by atoms with van der Waals surface area (Å²) in [6.07, 6.45) is 1.62. The van der Waals surface area contributed by atoms with Crippen LogP contribution in [0.25, 0.3) is 21.3 Å². The third kappa shape index (κ3) is 2.82. The number of nitrogens with zero attached hydrogens (tertiary/aromatic N) is 1. The number of aryl methyl sites for hydroxylation is 1. The maximum Gasteiger partial charge on any atom is 0.260 e. The van der Waals surface area contributed by atoms with Gasteiger partial charge in [-0.1, -0.05) is 31.2 Å². The van der Waals surface area contributed by atoms with Crippen molar-refractivity contribution < 1.29 is 4.74 Å². The Labute approximate surface area is 132 Å². The van der Waals surface area contributed by atoms with E-state index < -0.39 is 0 Å². The van der Waals surface area contributed by atoms with Crippen LogP contribution in [0.5, 0.6) is 0 Å². The van der Waals surface area contributed by atoms with E-state index in [4.69, 9.17) is 4.74 Å². The van der Waals surface area contributed by atoms with E-state index >= 15 is 0 Å². The van der Waals surface area contributed by atoms with Gasteiger partial charge >= 0.3 is 0 Å². The number of fused-ring (bicyclic) bond motifs is 1. The van der Waals surface area contributed by atoms with Gasteiger partial charge in [0.25, 0.3) is 5.56 Å². The molecule has 3 rings (SSSR count). The summed E-state index contributed by atoms with van der Waals surface area (Å²) in [7, 11) is 1.64. The summed E-state index contributed by atoms with van der Waals surface area (Å²) >= 11 is 1.51. The van der Waals surface area contributed by atoms with Crippen LogP contribution in [0.4, 0.5) is 0 Å². The molecule has 0 radical (unpaired) electrons. The third-order valence-corrected chi connectivity index (χ3v) is 4.58. The number of H-pyrrole nitrogens is 1. The van der Waals surface area contributed by atoms with Crippen molar-refractivity contribution in [2.24, 2.45) is 0 Å². The van der Waals surface area contributed by atoms with E-state index in [0.717, 1.165) is 22.4 Å². The first-order valence-corrected chi connectivity index (χ1v) is 8.19. The number of nitrogens with one attached hydrogen (secondary N) is 1. The lowest BCUT2D eigenvalue weighted by Crippen LogP contribution is -2.12. The predicted molar refractivity (Wildman–Crippen MR) is 90.6 cm³/mol. The molecular weight excluding hydrogens is 296 g/mol. The summed E-state index contributed by atoms with van der Waals surface area (Å²) < 4.78 is 5.04. The van der Waals surface area contributed by atoms with Crippen LogP contribution in [-0.4, -0.2) is 23.7 Å². The monoisotopic (exact) mass is 314 g/mol. The molecule has 3 aromatic rings. The van der Waals surface area contributed by atoms with Crippen LogP contribution in [0.1, 0.15) is 18.3 Å². The van der Waals surface area contributed by atoms with Gasteiger partial charge in [-0.15, -0.1) is 11.3 Å². The van der Waals surface area contributed by atoms with Gasteiger partial charge in [0.05, 0.1) is 12.0 Å². The number of hydrogen-bond acceptors (Lipinski definition) is 4. The van der Waals surface area contributed by atoms with E-state index in [2.05, 4.69) is 41.2 Å². The molecule has 0 fully saturated rings. The molecule has 2 aromatic heterocycles. The van der Waals surface area contributed by atoms with Crippen LogP contribution < -0.4 is 5.56 Å². The van der Waals surface area contributed by atoms with Crippen LogP contribution in [0, 0.1) is 0 Å². The lowest BCUT2D eigenvalue weighted by atomic mass is 10.0. The lowest BCUT2D eigenvalue weighted by molar-refractivity contribution is 0.200. The van der Waals surface area contributed by atoms with Gasteiger partial charge in [0.1, 0.15) is 10.7 Å². The van der Waals surface area contributed by atoms with E-state index in [0.29, 0.717) is 24.2 Å². The number of rotatable bonds is 5. The van der Waals surface area contributed by atoms with Crippen LogP contribution in [0.2, 0.25) is 0 Å². The Morgan fingerprint density at radius 2 is 2.05 bits per heavy atom. The minimum Gasteiger partial charge on any atom is -0.384 e. The molecule has 0 unspecified atom stereocenters. The SMILES string of the molecule is CCc1ccc(-c2csc3nc(CCOC)[nH]c(=O)c23)cc1. The van der Waals surface area contributed by atoms with E-state index in [9.17, 15) is 4.79 Å². The minimum absolute atomic E-state index is 0.0769. The molecule has 0 spiro atoms. The molecule has 4 nitrogen and oxygen atoms in total. The van der Waals surface area contributed by atoms with Gasteiger partial charge < -0.3 is 9.72 Å². The molecule has 22 heavy (non-hydrogen) atoms. The van der Waals surface area contributed by atoms with Crippen molar-refractivity contribution >= 4 is 21.6 Å². The highest BCUT2D eigenvalue weighted by Gasteiger charge is 2.12. The first kappa shape index (κ1) is 14.9. The number of aromatic amines is 1. The van der Waals surface area contributed by atoms with E-state index in [-0.39, 0.29) is 5.56 Å². The molecule has 114 valence electrons. The fourth-order valence-corrected chi connectivity index (χ4v) is 3.41. The number of benzene rings is 1. The second kappa shape index (κ2) is 6.42. The lowest BCUT2D eigenvalue weighted by Gasteiger charge is -2.03. The number of hydrogen-bond donors (Lipinski definition) is 1. The molecule has 0 saturated heterocycles. The molecule has 0 aliphatic heterocycles. The summed E-state index contributed by atoms with van der Waals surface area (Å²) in [6.45, 7) is 2.68. The topological polar surface area (TPSA) is 55.0 Å². The smallest absolute Gasteiger partial charge is 0.260 e. The van der Waals surface area contributed by atoms with Gasteiger partial charge in [-0.05, 0) is 17.5 Å². The van der Waals surface area contributed by atoms with Crippen molar-refractivity contribution in [3.05, 3.63) is 51.4 Å². The highest BCUT2D eigenvalue weighted by Crippen LogP contribution is 2.30. The Kier molecular flexibility index (Phi) is 4.36. The van der Waals surface area contributed by atoms with Crippen LogP contribution in [0.15, 0.2) is 34.4 Å². The molecule has 1 aromatic carbocycles. The van der Waals surface area contributed by atoms with Gasteiger partial charge in [-0.2, -0.15) is 0 Å². The first-order chi connectivity index (χ1) is 10.7. The molecule has 1 N–H and O–H groups in total. The Morgan fingerprint density at radius 1 is 1.27 bits per heavy atom. The van der Waals surface area contributed by atoms with Crippen molar-refractivity contribution in [2.75, 3.05) is 13.7 Å². The Bertz CT molecular complexity index is 834. The number of methoxy groups -OCH3 is 1. The fraction of sp³-hybridized carbons (Fsp3) is 0.294. The van der Waals surface area contributed by atoms with Crippen LogP contribution >= 0.6 is 11.3 Å². The van der Waals surface area contributed by atoms with E-state index in [1.165, 1.54) is 16.9 Å². The van der Waals surface area contributed by atoms with Crippen molar-refractivity contribution in [1.29, 1.82) is 0 Å². The molecule has 5 heteroatoms. The van der Waals surface area contributed by atoms with Crippen molar-refractivity contribution in [3.8, 4) is 11.1 Å². The molecule has 0 saturated carbocycles. The Balaban J connectivity index is 2.06. The number of aromatic nitrogens is 2. The van der Waals surface area contributed by atoms with E-state index in [1.807, 2.05) is 5.38 Å². The minimum atomic E-state index is -0.0769. The zero-order chi connectivity index (χ0) is 15.5. The summed E-state index contributed by atoms with van der Waals surface area (Å²) in [5.74, 6) is 0.675. The van der Waals surface area contributed by atoms with Gasteiger partial charge in [0, 0.05) is 24.5 Å². The van der Waals surface area contributed by atoms with Gasteiger partial charge in [-0.3, -0.25) is 4.79 Å². The predicted octanol–water partition coefficient (Wildman–Crippen LogP) is 3.40. The van der Waals surface area contributed by atoms with Crippen molar-refractivity contribution in [2.45, 2.75) is 19.8 Å². The standard InChI is InChI=1S/C17H18N2O2S/c1-3-11-4-6-12(7-5-11)13-10-22-17-15(13)16(20)18-14(19-17)8-9-21-2/h4-7,10H,3,8-9H2,1-2H3,(H,18,19,20). The summed E-state index contributed by atoms with van der Waals surface area (Å²) in [6, 6.07) is 8.35. The quantitative estimate of drug-likeness (QED) is 0.785. The number of ether oxygens (including phenoxy) is 1. The number of thiophene rings is 1. The van der Waals surface area contributed by atoms with Gasteiger partial charge in [0.15, 0.2) is 0 Å².